The molecule has 0 aliphatic heterocycles. The smallest absolute Gasteiger partial charge is 0.123 e. The third-order valence-corrected chi connectivity index (χ3v) is 1.79. The van der Waals surface area contributed by atoms with Gasteiger partial charge >= 0.3 is 0 Å². The van der Waals surface area contributed by atoms with Crippen molar-refractivity contribution in [2.75, 3.05) is 20.3 Å². The Kier molecular flexibility index (Phi) is 4.63. The molecule has 82 valence electrons. The first-order valence-electron chi connectivity index (χ1n) is 4.57. The van der Waals surface area contributed by atoms with E-state index in [0.29, 0.717) is 11.5 Å². The van der Waals surface area contributed by atoms with Gasteiger partial charge in [0.25, 0.3) is 0 Å². The second-order valence-electron chi connectivity index (χ2n) is 2.85. The topological polar surface area (TPSA) is 44.5 Å². The molecule has 1 aromatic carbocycles. The van der Waals surface area contributed by atoms with Crippen LogP contribution in [0.15, 0.2) is 36.2 Å². The second-order valence-corrected chi connectivity index (χ2v) is 2.85. The molecule has 0 aliphatic rings. The largest absolute Gasteiger partial charge is 0.497 e. The highest BCUT2D eigenvalue weighted by atomic mass is 19.1. The fourth-order valence-corrected chi connectivity index (χ4v) is 1.00. The Labute approximate surface area is 88.3 Å². The first-order valence-corrected chi connectivity index (χ1v) is 4.57. The molecule has 0 amide bonds. The van der Waals surface area contributed by atoms with Gasteiger partial charge < -0.3 is 15.2 Å². The van der Waals surface area contributed by atoms with Gasteiger partial charge in [-0.25, -0.2) is 4.39 Å². The zero-order chi connectivity index (χ0) is 11.1. The monoisotopic (exact) mass is 211 g/mol. The predicted molar refractivity (Wildman–Crippen MR) is 56.7 cm³/mol. The third kappa shape index (κ3) is 3.99. The summed E-state index contributed by atoms with van der Waals surface area (Å²) in [7, 11) is 1.58. The van der Waals surface area contributed by atoms with Crippen molar-refractivity contribution in [2.45, 2.75) is 0 Å². The Morgan fingerprint density at radius 3 is 2.87 bits per heavy atom. The number of hydrogen-bond acceptors (Lipinski definition) is 3. The van der Waals surface area contributed by atoms with Gasteiger partial charge in [0.15, 0.2) is 0 Å². The van der Waals surface area contributed by atoms with Gasteiger partial charge in [-0.1, -0.05) is 6.07 Å². The Morgan fingerprint density at radius 2 is 2.20 bits per heavy atom. The average Bonchev–Trinajstić information content (AvgIpc) is 2.29. The molecule has 0 bridgehead atoms. The molecule has 0 heterocycles. The highest BCUT2D eigenvalue weighted by Gasteiger charge is 1.95. The van der Waals surface area contributed by atoms with Crippen LogP contribution in [0.3, 0.4) is 0 Å². The predicted octanol–water partition coefficient (Wildman–Crippen LogP) is 1.89. The third-order valence-electron chi connectivity index (χ3n) is 1.79. The van der Waals surface area contributed by atoms with Gasteiger partial charge in [0.1, 0.15) is 23.9 Å². The Hall–Kier alpha value is -1.55. The maximum absolute atomic E-state index is 12.6. The van der Waals surface area contributed by atoms with E-state index in [0.717, 1.165) is 0 Å². The van der Waals surface area contributed by atoms with E-state index in [1.165, 1.54) is 6.08 Å². The van der Waals surface area contributed by atoms with Gasteiger partial charge in [-0.15, -0.1) is 0 Å². The number of rotatable bonds is 5. The quantitative estimate of drug-likeness (QED) is 0.808. The van der Waals surface area contributed by atoms with Crippen molar-refractivity contribution in [2.24, 2.45) is 5.73 Å². The molecule has 2 N–H and O–H groups in total. The zero-order valence-electron chi connectivity index (χ0n) is 8.57. The van der Waals surface area contributed by atoms with Gasteiger partial charge in [0, 0.05) is 12.6 Å². The van der Waals surface area contributed by atoms with Crippen LogP contribution in [0.5, 0.6) is 11.5 Å². The lowest BCUT2D eigenvalue weighted by Crippen LogP contribution is -2.01. The lowest BCUT2D eigenvalue weighted by molar-refractivity contribution is 0.353. The van der Waals surface area contributed by atoms with Crippen molar-refractivity contribution in [1.82, 2.24) is 0 Å². The molecule has 3 nitrogen and oxygen atoms in total. The normalized spacial score (nSPS) is 11.3. The summed E-state index contributed by atoms with van der Waals surface area (Å²) >= 11 is 0. The Balaban J connectivity index is 2.50. The zero-order valence-corrected chi connectivity index (χ0v) is 8.57. The molecule has 1 rings (SSSR count). The number of hydrogen-bond donors (Lipinski definition) is 1. The summed E-state index contributed by atoms with van der Waals surface area (Å²) in [4.78, 5) is 0. The van der Waals surface area contributed by atoms with Crippen LogP contribution in [-0.2, 0) is 0 Å². The van der Waals surface area contributed by atoms with E-state index in [1.807, 2.05) is 6.07 Å². The average molecular weight is 211 g/mol. The molecule has 4 heteroatoms. The summed E-state index contributed by atoms with van der Waals surface area (Å²) in [5, 5.41) is 0. The summed E-state index contributed by atoms with van der Waals surface area (Å²) in [5.41, 5.74) is 5.08. The van der Waals surface area contributed by atoms with Crippen molar-refractivity contribution in [3.8, 4) is 11.5 Å². The first kappa shape index (κ1) is 11.5. The molecule has 1 aromatic rings. The fourth-order valence-electron chi connectivity index (χ4n) is 1.00. The Morgan fingerprint density at radius 1 is 1.47 bits per heavy atom. The van der Waals surface area contributed by atoms with Crippen molar-refractivity contribution >= 4 is 0 Å². The lowest BCUT2D eigenvalue weighted by Gasteiger charge is -2.05. The van der Waals surface area contributed by atoms with Crippen LogP contribution < -0.4 is 15.2 Å². The molecule has 0 atom stereocenters. The standard InChI is InChI=1S/C11H14FNO2/c1-14-10-3-2-4-11(7-10)15-6-5-9(12)8-13/h2-5,7H,6,8,13H2,1H3/b9-5-. The summed E-state index contributed by atoms with van der Waals surface area (Å²) < 4.78 is 22.9. The van der Waals surface area contributed by atoms with Crippen molar-refractivity contribution in [1.29, 1.82) is 0 Å². The van der Waals surface area contributed by atoms with Crippen molar-refractivity contribution in [3.63, 3.8) is 0 Å². The molecule has 0 fully saturated rings. The van der Waals surface area contributed by atoms with E-state index < -0.39 is 0 Å². The van der Waals surface area contributed by atoms with E-state index in [1.54, 1.807) is 25.3 Å². The van der Waals surface area contributed by atoms with Crippen LogP contribution in [0.25, 0.3) is 0 Å². The molecule has 0 spiro atoms. The second kappa shape index (κ2) is 6.03. The van der Waals surface area contributed by atoms with E-state index in [2.05, 4.69) is 0 Å². The van der Waals surface area contributed by atoms with Gasteiger partial charge in [-0.05, 0) is 18.2 Å². The van der Waals surface area contributed by atoms with Crippen molar-refractivity contribution in [3.05, 3.63) is 36.2 Å². The molecule has 0 aromatic heterocycles. The molecule has 0 unspecified atom stereocenters. The summed E-state index contributed by atoms with van der Waals surface area (Å²) in [6.07, 6.45) is 1.31. The number of methoxy groups -OCH3 is 1. The first-order chi connectivity index (χ1) is 7.26. The SMILES string of the molecule is COc1cccc(OC/C=C(\F)CN)c1. The minimum absolute atomic E-state index is 0.0958. The van der Waals surface area contributed by atoms with E-state index in [4.69, 9.17) is 15.2 Å². The highest BCUT2D eigenvalue weighted by Crippen LogP contribution is 2.18. The van der Waals surface area contributed by atoms with Gasteiger partial charge in [-0.3, -0.25) is 0 Å². The van der Waals surface area contributed by atoms with Crippen LogP contribution in [0.4, 0.5) is 4.39 Å². The molecule has 0 saturated heterocycles. The van der Waals surface area contributed by atoms with Crippen LogP contribution in [-0.4, -0.2) is 20.3 Å². The fraction of sp³-hybridized carbons (Fsp3) is 0.273. The van der Waals surface area contributed by atoms with E-state index in [-0.39, 0.29) is 19.0 Å². The van der Waals surface area contributed by atoms with Crippen LogP contribution in [0.2, 0.25) is 0 Å². The Bertz CT molecular complexity index is 339. The molecular weight excluding hydrogens is 197 g/mol. The summed E-state index contributed by atoms with van der Waals surface area (Å²) in [5.74, 6) is 0.962. The van der Waals surface area contributed by atoms with Crippen LogP contribution in [0, 0.1) is 0 Å². The minimum atomic E-state index is -0.377. The van der Waals surface area contributed by atoms with Gasteiger partial charge in [-0.2, -0.15) is 0 Å². The minimum Gasteiger partial charge on any atom is -0.497 e. The number of ether oxygens (including phenoxy) is 2. The summed E-state index contributed by atoms with van der Waals surface area (Å²) in [6, 6.07) is 7.12. The molecule has 0 aliphatic carbocycles. The summed E-state index contributed by atoms with van der Waals surface area (Å²) in [6.45, 7) is 0.0671. The number of halogens is 1. The highest BCUT2D eigenvalue weighted by molar-refractivity contribution is 5.32. The number of benzene rings is 1. The van der Waals surface area contributed by atoms with E-state index in [9.17, 15) is 4.39 Å². The maximum Gasteiger partial charge on any atom is 0.123 e. The molecule has 15 heavy (non-hydrogen) atoms. The van der Waals surface area contributed by atoms with Crippen LogP contribution in [0.1, 0.15) is 0 Å². The van der Waals surface area contributed by atoms with E-state index >= 15 is 0 Å². The number of nitrogens with two attached hydrogens (primary N) is 1. The lowest BCUT2D eigenvalue weighted by atomic mass is 10.3. The van der Waals surface area contributed by atoms with Crippen LogP contribution >= 0.6 is 0 Å². The van der Waals surface area contributed by atoms with Gasteiger partial charge in [0.2, 0.25) is 0 Å². The molecule has 0 saturated carbocycles. The maximum atomic E-state index is 12.6. The molecular formula is C11H14FNO2. The molecule has 0 radical (unpaired) electrons. The van der Waals surface area contributed by atoms with Crippen molar-refractivity contribution < 1.29 is 13.9 Å². The van der Waals surface area contributed by atoms with Gasteiger partial charge in [0.05, 0.1) is 7.11 Å².